The van der Waals surface area contributed by atoms with Gasteiger partial charge in [0.1, 0.15) is 5.75 Å². The molecule has 0 fully saturated rings. The van der Waals surface area contributed by atoms with Crippen molar-refractivity contribution in [2.24, 2.45) is 5.10 Å². The second kappa shape index (κ2) is 8.65. The summed E-state index contributed by atoms with van der Waals surface area (Å²) in [5.41, 5.74) is 2.51. The van der Waals surface area contributed by atoms with Crippen molar-refractivity contribution in [1.29, 1.82) is 0 Å². The molecule has 2 aromatic rings. The molecule has 2 aromatic carbocycles. The molecule has 0 radical (unpaired) electrons. The van der Waals surface area contributed by atoms with E-state index in [1.807, 2.05) is 0 Å². The topological polar surface area (TPSA) is 103 Å². The van der Waals surface area contributed by atoms with E-state index in [-0.39, 0.29) is 18.0 Å². The number of ether oxygens (including phenoxy) is 2. The van der Waals surface area contributed by atoms with Crippen LogP contribution in [0.5, 0.6) is 11.5 Å². The fourth-order valence-corrected chi connectivity index (χ4v) is 1.95. The van der Waals surface area contributed by atoms with Gasteiger partial charge in [-0.05, 0) is 36.4 Å². The molecule has 0 saturated heterocycles. The minimum Gasteiger partial charge on any atom is -0.490 e. The molecule has 0 spiro atoms. The lowest BCUT2D eigenvalue weighted by molar-refractivity contribution is -0.385. The van der Waals surface area contributed by atoms with Gasteiger partial charge in [0, 0.05) is 16.7 Å². The Hall–Kier alpha value is -3.13. The van der Waals surface area contributed by atoms with Gasteiger partial charge < -0.3 is 9.47 Å². The number of amides is 1. The molecule has 25 heavy (non-hydrogen) atoms. The van der Waals surface area contributed by atoms with Gasteiger partial charge in [-0.25, -0.2) is 5.43 Å². The molecule has 1 amide bonds. The lowest BCUT2D eigenvalue weighted by atomic mass is 10.2. The first-order chi connectivity index (χ1) is 12.0. The summed E-state index contributed by atoms with van der Waals surface area (Å²) in [6.45, 7) is -0.234. The maximum atomic E-state index is 11.6. The highest BCUT2D eigenvalue weighted by molar-refractivity contribution is 6.30. The van der Waals surface area contributed by atoms with Gasteiger partial charge in [0.2, 0.25) is 0 Å². The molecule has 0 unspecified atom stereocenters. The maximum absolute atomic E-state index is 11.6. The lowest BCUT2D eigenvalue weighted by Gasteiger charge is -2.05. The van der Waals surface area contributed by atoms with Gasteiger partial charge in [-0.2, -0.15) is 5.10 Å². The van der Waals surface area contributed by atoms with Gasteiger partial charge in [0.25, 0.3) is 5.91 Å². The number of hydrogen-bond acceptors (Lipinski definition) is 6. The van der Waals surface area contributed by atoms with Crippen molar-refractivity contribution in [1.82, 2.24) is 5.43 Å². The zero-order chi connectivity index (χ0) is 18.2. The van der Waals surface area contributed by atoms with E-state index in [0.29, 0.717) is 16.3 Å². The first kappa shape index (κ1) is 18.2. The van der Waals surface area contributed by atoms with Gasteiger partial charge in [-0.15, -0.1) is 0 Å². The number of benzene rings is 2. The normalized spacial score (nSPS) is 10.5. The summed E-state index contributed by atoms with van der Waals surface area (Å²) in [5, 5.41) is 15.2. The second-order valence-electron chi connectivity index (χ2n) is 4.72. The van der Waals surface area contributed by atoms with E-state index in [4.69, 9.17) is 21.1 Å². The SMILES string of the molecule is COc1ccc(C=NNC(=O)COc2ccc(Cl)cc2)cc1[N+](=O)[O-]. The summed E-state index contributed by atoms with van der Waals surface area (Å²) in [7, 11) is 1.34. The third-order valence-corrected chi connectivity index (χ3v) is 3.24. The van der Waals surface area contributed by atoms with Gasteiger partial charge in [-0.3, -0.25) is 14.9 Å². The molecule has 0 aliphatic heterocycles. The summed E-state index contributed by atoms with van der Waals surface area (Å²) in [5.74, 6) is 0.158. The monoisotopic (exact) mass is 363 g/mol. The summed E-state index contributed by atoms with van der Waals surface area (Å²) >= 11 is 5.75. The van der Waals surface area contributed by atoms with Crippen LogP contribution in [0.2, 0.25) is 5.02 Å². The van der Waals surface area contributed by atoms with E-state index in [9.17, 15) is 14.9 Å². The van der Waals surface area contributed by atoms with E-state index >= 15 is 0 Å². The summed E-state index contributed by atoms with van der Waals surface area (Å²) in [6.07, 6.45) is 1.28. The van der Waals surface area contributed by atoms with Crippen molar-refractivity contribution in [3.8, 4) is 11.5 Å². The smallest absolute Gasteiger partial charge is 0.311 e. The molecule has 1 N–H and O–H groups in total. The molecular formula is C16H14ClN3O5. The van der Waals surface area contributed by atoms with E-state index in [0.717, 1.165) is 0 Å². The highest BCUT2D eigenvalue weighted by atomic mass is 35.5. The summed E-state index contributed by atoms with van der Waals surface area (Å²) in [6, 6.07) is 10.9. The molecule has 0 atom stereocenters. The van der Waals surface area contributed by atoms with Crippen molar-refractivity contribution in [3.05, 3.63) is 63.2 Å². The molecule has 0 aliphatic rings. The van der Waals surface area contributed by atoms with Crippen molar-refractivity contribution in [2.75, 3.05) is 13.7 Å². The Kier molecular flexibility index (Phi) is 6.30. The number of rotatable bonds is 7. The van der Waals surface area contributed by atoms with Gasteiger partial charge in [-0.1, -0.05) is 11.6 Å². The molecule has 0 saturated carbocycles. The van der Waals surface area contributed by atoms with Crippen molar-refractivity contribution >= 4 is 29.4 Å². The Labute approximate surface area is 148 Å². The number of hydrogen-bond donors (Lipinski definition) is 1. The van der Waals surface area contributed by atoms with Crippen LogP contribution < -0.4 is 14.9 Å². The van der Waals surface area contributed by atoms with E-state index in [1.54, 1.807) is 30.3 Å². The number of carbonyl (C=O) groups excluding carboxylic acids is 1. The Morgan fingerprint density at radius 2 is 2.04 bits per heavy atom. The van der Waals surface area contributed by atoms with E-state index < -0.39 is 10.8 Å². The molecule has 0 bridgehead atoms. The van der Waals surface area contributed by atoms with E-state index in [2.05, 4.69) is 10.5 Å². The first-order valence-corrected chi connectivity index (χ1v) is 7.40. The minimum atomic E-state index is -0.561. The number of halogens is 1. The average molecular weight is 364 g/mol. The van der Waals surface area contributed by atoms with Crippen LogP contribution >= 0.6 is 11.6 Å². The summed E-state index contributed by atoms with van der Waals surface area (Å²) in [4.78, 5) is 22.0. The third-order valence-electron chi connectivity index (χ3n) is 2.99. The Morgan fingerprint density at radius 1 is 1.32 bits per heavy atom. The minimum absolute atomic E-state index is 0.141. The van der Waals surface area contributed by atoms with Crippen molar-refractivity contribution < 1.29 is 19.2 Å². The Bertz CT molecular complexity index is 793. The number of nitro benzene ring substituents is 1. The number of methoxy groups -OCH3 is 1. The molecule has 8 nitrogen and oxygen atoms in total. The second-order valence-corrected chi connectivity index (χ2v) is 5.16. The van der Waals surface area contributed by atoms with Gasteiger partial charge in [0.05, 0.1) is 18.2 Å². The van der Waals surface area contributed by atoms with E-state index in [1.165, 1.54) is 25.5 Å². The Balaban J connectivity index is 1.89. The molecule has 130 valence electrons. The fraction of sp³-hybridized carbons (Fsp3) is 0.125. The van der Waals surface area contributed by atoms with Crippen LogP contribution in [0.3, 0.4) is 0 Å². The lowest BCUT2D eigenvalue weighted by Crippen LogP contribution is -2.24. The average Bonchev–Trinajstić information content (AvgIpc) is 2.61. The number of nitrogens with one attached hydrogen (secondary N) is 1. The van der Waals surface area contributed by atoms with Crippen molar-refractivity contribution in [3.63, 3.8) is 0 Å². The molecular weight excluding hydrogens is 350 g/mol. The van der Waals surface area contributed by atoms with Crippen molar-refractivity contribution in [2.45, 2.75) is 0 Å². The number of nitrogens with zero attached hydrogens (tertiary/aromatic N) is 2. The number of nitro groups is 1. The predicted molar refractivity (Wildman–Crippen MR) is 92.3 cm³/mol. The van der Waals surface area contributed by atoms with Crippen LogP contribution in [-0.4, -0.2) is 30.8 Å². The standard InChI is InChI=1S/C16H14ClN3O5/c1-24-15-7-2-11(8-14(15)20(22)23)9-18-19-16(21)10-25-13-5-3-12(17)4-6-13/h2-9H,10H2,1H3,(H,19,21). The largest absolute Gasteiger partial charge is 0.490 e. The summed E-state index contributed by atoms with van der Waals surface area (Å²) < 4.78 is 10.2. The first-order valence-electron chi connectivity index (χ1n) is 7.02. The Morgan fingerprint density at radius 3 is 2.68 bits per heavy atom. The van der Waals surface area contributed by atoms with Crippen LogP contribution in [0.25, 0.3) is 0 Å². The molecule has 2 rings (SSSR count). The highest BCUT2D eigenvalue weighted by Gasteiger charge is 2.14. The zero-order valence-corrected chi connectivity index (χ0v) is 13.9. The molecule has 0 aromatic heterocycles. The quantitative estimate of drug-likeness (QED) is 0.463. The predicted octanol–water partition coefficient (Wildman–Crippen LogP) is 2.79. The third kappa shape index (κ3) is 5.47. The maximum Gasteiger partial charge on any atom is 0.311 e. The van der Waals surface area contributed by atoms with Gasteiger partial charge in [0.15, 0.2) is 12.4 Å². The number of hydrazone groups is 1. The molecule has 0 heterocycles. The number of carbonyl (C=O) groups is 1. The molecule has 9 heteroatoms. The van der Waals surface area contributed by atoms with Crippen LogP contribution in [0.4, 0.5) is 5.69 Å². The van der Waals surface area contributed by atoms with Crippen LogP contribution in [0, 0.1) is 10.1 Å². The zero-order valence-electron chi connectivity index (χ0n) is 13.1. The highest BCUT2D eigenvalue weighted by Crippen LogP contribution is 2.26. The fourth-order valence-electron chi connectivity index (χ4n) is 1.82. The molecule has 0 aliphatic carbocycles. The van der Waals surface area contributed by atoms with Crippen LogP contribution in [0.15, 0.2) is 47.6 Å². The van der Waals surface area contributed by atoms with Crippen LogP contribution in [0.1, 0.15) is 5.56 Å². The van der Waals surface area contributed by atoms with Crippen LogP contribution in [-0.2, 0) is 4.79 Å². The van der Waals surface area contributed by atoms with Gasteiger partial charge >= 0.3 is 5.69 Å².